The third kappa shape index (κ3) is 6.18. The number of carbonyl (C=O) groups is 4. The van der Waals surface area contributed by atoms with Crippen LogP contribution >= 0.6 is 0 Å². The van der Waals surface area contributed by atoms with Gasteiger partial charge < -0.3 is 10.2 Å². The fourth-order valence-electron chi connectivity index (χ4n) is 5.17. The number of hydrogen-bond acceptors (Lipinski definition) is 4. The molecule has 4 rings (SSSR count). The summed E-state index contributed by atoms with van der Waals surface area (Å²) in [6.45, 7) is 2.21. The van der Waals surface area contributed by atoms with E-state index in [2.05, 4.69) is 5.32 Å². The van der Waals surface area contributed by atoms with Gasteiger partial charge in [-0.05, 0) is 30.9 Å². The quantitative estimate of drug-likeness (QED) is 0.363. The van der Waals surface area contributed by atoms with Crippen molar-refractivity contribution in [2.45, 2.75) is 51.6 Å². The molecule has 1 heterocycles. The number of nitrogens with zero attached hydrogens (tertiary/aromatic N) is 2. The van der Waals surface area contributed by atoms with E-state index in [0.29, 0.717) is 19.4 Å². The number of nitrogens with one attached hydrogen (secondary N) is 1. The zero-order valence-electron chi connectivity index (χ0n) is 21.6. The molecule has 7 nitrogen and oxygen atoms in total. The van der Waals surface area contributed by atoms with Gasteiger partial charge in [-0.3, -0.25) is 24.1 Å². The lowest BCUT2D eigenvalue weighted by molar-refractivity contribution is -0.144. The number of fused-ring (bicyclic) bond motifs is 1. The van der Waals surface area contributed by atoms with Gasteiger partial charge in [0.15, 0.2) is 0 Å². The molecular formula is C30H34FN3O4. The maximum atomic E-state index is 14.7. The molecule has 2 aromatic rings. The third-order valence-electron chi connectivity index (χ3n) is 7.27. The summed E-state index contributed by atoms with van der Waals surface area (Å²) < 4.78 is 14.7. The molecule has 1 aliphatic heterocycles. The van der Waals surface area contributed by atoms with Gasteiger partial charge in [0.1, 0.15) is 11.9 Å². The van der Waals surface area contributed by atoms with Crippen molar-refractivity contribution in [2.24, 2.45) is 11.8 Å². The van der Waals surface area contributed by atoms with E-state index in [1.165, 1.54) is 15.9 Å². The largest absolute Gasteiger partial charge is 0.354 e. The van der Waals surface area contributed by atoms with Gasteiger partial charge in [0, 0.05) is 38.0 Å². The molecule has 2 aliphatic rings. The number of hydrogen-bond donors (Lipinski definition) is 1. The molecule has 1 saturated heterocycles. The average molecular weight is 520 g/mol. The first-order chi connectivity index (χ1) is 18.4. The number of likely N-dealkylation sites (tertiary alicyclic amines) is 1. The summed E-state index contributed by atoms with van der Waals surface area (Å²) in [7, 11) is 0. The van der Waals surface area contributed by atoms with Crippen LogP contribution in [-0.2, 0) is 32.1 Å². The maximum Gasteiger partial charge on any atom is 0.243 e. The molecule has 1 aliphatic carbocycles. The first-order valence-electron chi connectivity index (χ1n) is 13.3. The maximum absolute atomic E-state index is 14.7. The molecule has 8 heteroatoms. The second-order valence-corrected chi connectivity index (χ2v) is 9.84. The van der Waals surface area contributed by atoms with Gasteiger partial charge >= 0.3 is 0 Å². The average Bonchev–Trinajstić information content (AvgIpc) is 3.18. The van der Waals surface area contributed by atoms with Crippen LogP contribution in [0, 0.1) is 17.7 Å². The fraction of sp³-hybridized carbons (Fsp3) is 0.400. The van der Waals surface area contributed by atoms with Crippen molar-refractivity contribution in [3.05, 3.63) is 83.7 Å². The van der Waals surface area contributed by atoms with Crippen LogP contribution in [0.25, 0.3) is 0 Å². The number of allylic oxidation sites excluding steroid dienone is 2. The number of amides is 4. The van der Waals surface area contributed by atoms with E-state index < -0.39 is 17.8 Å². The zero-order valence-corrected chi connectivity index (χ0v) is 21.6. The highest BCUT2D eigenvalue weighted by molar-refractivity contribution is 6.05. The lowest BCUT2D eigenvalue weighted by Gasteiger charge is -2.32. The Kier molecular flexibility index (Phi) is 9.05. The van der Waals surface area contributed by atoms with E-state index in [9.17, 15) is 23.6 Å². The molecule has 1 fully saturated rings. The summed E-state index contributed by atoms with van der Waals surface area (Å²) in [5, 5.41) is 2.88. The van der Waals surface area contributed by atoms with Gasteiger partial charge in [-0.25, -0.2) is 4.39 Å². The van der Waals surface area contributed by atoms with Gasteiger partial charge in [-0.1, -0.05) is 67.6 Å². The van der Waals surface area contributed by atoms with Crippen molar-refractivity contribution in [2.75, 3.05) is 13.1 Å². The normalized spacial score (nSPS) is 19.3. The molecule has 0 radical (unpaired) electrons. The minimum Gasteiger partial charge on any atom is -0.354 e. The minimum absolute atomic E-state index is 0.0636. The van der Waals surface area contributed by atoms with Crippen molar-refractivity contribution < 1.29 is 23.6 Å². The van der Waals surface area contributed by atoms with Crippen molar-refractivity contribution in [3.63, 3.8) is 0 Å². The zero-order chi connectivity index (χ0) is 27.1. The van der Waals surface area contributed by atoms with Crippen molar-refractivity contribution >= 4 is 23.6 Å². The standard InChI is InChI=1S/C30H34FN3O4/c1-2-17-32-28(36)26(19-21-10-4-3-5-11-21)34(20-22-12-6-9-15-25(22)31)27(35)16-18-33-29(37)23-13-7-8-14-24(23)30(33)38/h3-12,15,23-24,26H,2,13-14,16-20H2,1H3,(H,32,36)/t23-,24+,26?. The summed E-state index contributed by atoms with van der Waals surface area (Å²) in [6.07, 6.45) is 5.70. The first kappa shape index (κ1) is 27.2. The highest BCUT2D eigenvalue weighted by atomic mass is 19.1. The van der Waals surface area contributed by atoms with Crippen LogP contribution in [-0.4, -0.2) is 52.6 Å². The van der Waals surface area contributed by atoms with Crippen LogP contribution in [0.3, 0.4) is 0 Å². The van der Waals surface area contributed by atoms with Crippen LogP contribution < -0.4 is 5.32 Å². The van der Waals surface area contributed by atoms with E-state index in [-0.39, 0.29) is 61.1 Å². The van der Waals surface area contributed by atoms with E-state index >= 15 is 0 Å². The number of rotatable bonds is 11. The van der Waals surface area contributed by atoms with E-state index in [0.717, 1.165) is 12.0 Å². The number of halogens is 1. The van der Waals surface area contributed by atoms with Crippen molar-refractivity contribution in [1.29, 1.82) is 0 Å². The SMILES string of the molecule is CCCNC(=O)C(Cc1ccccc1)N(Cc1ccccc1F)C(=O)CCN1C(=O)[C@H]2CC=CC[C@H]2C1=O. The van der Waals surface area contributed by atoms with Gasteiger partial charge in [-0.2, -0.15) is 0 Å². The summed E-state index contributed by atoms with van der Waals surface area (Å²) >= 11 is 0. The lowest BCUT2D eigenvalue weighted by atomic mass is 9.85. The third-order valence-corrected chi connectivity index (χ3v) is 7.27. The molecule has 1 N–H and O–H groups in total. The summed E-state index contributed by atoms with van der Waals surface area (Å²) in [5.74, 6) is -2.47. The van der Waals surface area contributed by atoms with Gasteiger partial charge in [0.2, 0.25) is 23.6 Å². The molecule has 38 heavy (non-hydrogen) atoms. The Hall–Kier alpha value is -3.81. The lowest BCUT2D eigenvalue weighted by Crippen LogP contribution is -2.51. The predicted molar refractivity (Wildman–Crippen MR) is 141 cm³/mol. The smallest absolute Gasteiger partial charge is 0.243 e. The number of benzene rings is 2. The molecular weight excluding hydrogens is 485 g/mol. The Labute approximate surface area is 222 Å². The molecule has 1 unspecified atom stereocenters. The Morgan fingerprint density at radius 2 is 1.63 bits per heavy atom. The fourth-order valence-corrected chi connectivity index (χ4v) is 5.17. The van der Waals surface area contributed by atoms with Crippen LogP contribution in [0.2, 0.25) is 0 Å². The van der Waals surface area contributed by atoms with Crippen molar-refractivity contribution in [1.82, 2.24) is 15.1 Å². The van der Waals surface area contributed by atoms with E-state index in [1.807, 2.05) is 49.4 Å². The molecule has 0 aromatic heterocycles. The molecule has 0 spiro atoms. The highest BCUT2D eigenvalue weighted by Crippen LogP contribution is 2.35. The molecule has 0 saturated carbocycles. The Morgan fingerprint density at radius 3 is 2.26 bits per heavy atom. The highest BCUT2D eigenvalue weighted by Gasteiger charge is 2.47. The molecule has 4 amide bonds. The van der Waals surface area contributed by atoms with E-state index in [1.54, 1.807) is 18.2 Å². The van der Waals surface area contributed by atoms with Crippen LogP contribution in [0.5, 0.6) is 0 Å². The van der Waals surface area contributed by atoms with Gasteiger partial charge in [0.05, 0.1) is 11.8 Å². The minimum atomic E-state index is -0.896. The van der Waals surface area contributed by atoms with Crippen LogP contribution in [0.1, 0.15) is 43.7 Å². The van der Waals surface area contributed by atoms with Crippen molar-refractivity contribution in [3.8, 4) is 0 Å². The molecule has 0 bridgehead atoms. The topological polar surface area (TPSA) is 86.8 Å². The van der Waals surface area contributed by atoms with Gasteiger partial charge in [-0.15, -0.1) is 0 Å². The second kappa shape index (κ2) is 12.6. The monoisotopic (exact) mass is 519 g/mol. The Balaban J connectivity index is 1.58. The van der Waals surface area contributed by atoms with Crippen LogP contribution in [0.15, 0.2) is 66.7 Å². The van der Waals surface area contributed by atoms with Gasteiger partial charge in [0.25, 0.3) is 0 Å². The predicted octanol–water partition coefficient (Wildman–Crippen LogP) is 3.63. The van der Waals surface area contributed by atoms with Crippen LogP contribution in [0.4, 0.5) is 4.39 Å². The summed E-state index contributed by atoms with van der Waals surface area (Å²) in [4.78, 5) is 55.4. The number of carbonyl (C=O) groups excluding carboxylic acids is 4. The summed E-state index contributed by atoms with van der Waals surface area (Å²) in [5.41, 5.74) is 1.14. The molecule has 3 atom stereocenters. The molecule has 200 valence electrons. The molecule has 2 aromatic carbocycles. The first-order valence-corrected chi connectivity index (χ1v) is 13.3. The Bertz CT molecular complexity index is 1170. The number of imide groups is 1. The summed E-state index contributed by atoms with van der Waals surface area (Å²) in [6, 6.07) is 14.6. The Morgan fingerprint density at radius 1 is 1.00 bits per heavy atom. The van der Waals surface area contributed by atoms with E-state index in [4.69, 9.17) is 0 Å². The second-order valence-electron chi connectivity index (χ2n) is 9.84.